The number of nitrogens with zero attached hydrogens (tertiary/aromatic N) is 1. The number of halogens is 2. The third-order valence-corrected chi connectivity index (χ3v) is 3.19. The molecule has 0 spiro atoms. The van der Waals surface area contributed by atoms with Gasteiger partial charge < -0.3 is 0 Å². The number of para-hydroxylation sites is 1. The molecular formula is C15H9Cl2N. The van der Waals surface area contributed by atoms with Gasteiger partial charge in [-0.2, -0.15) is 0 Å². The predicted octanol–water partition coefficient (Wildman–Crippen LogP) is 5.21. The quantitative estimate of drug-likeness (QED) is 0.593. The van der Waals surface area contributed by atoms with Crippen molar-refractivity contribution in [3.63, 3.8) is 0 Å². The van der Waals surface area contributed by atoms with Gasteiger partial charge in [-0.15, -0.1) is 0 Å². The summed E-state index contributed by atoms with van der Waals surface area (Å²) in [6.45, 7) is 0. The van der Waals surface area contributed by atoms with E-state index in [1.807, 2.05) is 48.5 Å². The fraction of sp³-hybridized carbons (Fsp3) is 0. The molecule has 0 radical (unpaired) electrons. The zero-order chi connectivity index (χ0) is 12.5. The van der Waals surface area contributed by atoms with Gasteiger partial charge in [-0.1, -0.05) is 47.5 Å². The minimum atomic E-state index is 0.618. The normalized spacial score (nSPS) is 10.8. The van der Waals surface area contributed by atoms with Gasteiger partial charge >= 0.3 is 0 Å². The molecule has 3 aromatic rings. The SMILES string of the molecule is Clc1cc(Cl)cc(-c2ccc3ccccc3n2)c1. The number of hydrogen-bond acceptors (Lipinski definition) is 1. The second kappa shape index (κ2) is 4.60. The second-order valence-corrected chi connectivity index (χ2v) is 4.92. The van der Waals surface area contributed by atoms with Crippen molar-refractivity contribution in [2.75, 3.05) is 0 Å². The van der Waals surface area contributed by atoms with E-state index in [1.165, 1.54) is 0 Å². The van der Waals surface area contributed by atoms with E-state index in [-0.39, 0.29) is 0 Å². The summed E-state index contributed by atoms with van der Waals surface area (Å²) in [6.07, 6.45) is 0. The van der Waals surface area contributed by atoms with Crippen LogP contribution in [0, 0.1) is 0 Å². The minimum Gasteiger partial charge on any atom is -0.248 e. The second-order valence-electron chi connectivity index (χ2n) is 4.05. The van der Waals surface area contributed by atoms with Crippen molar-refractivity contribution < 1.29 is 0 Å². The van der Waals surface area contributed by atoms with Crippen LogP contribution < -0.4 is 0 Å². The molecule has 0 amide bonds. The molecule has 1 heterocycles. The van der Waals surface area contributed by atoms with E-state index >= 15 is 0 Å². The van der Waals surface area contributed by atoms with Gasteiger partial charge in [0.25, 0.3) is 0 Å². The van der Waals surface area contributed by atoms with E-state index in [2.05, 4.69) is 4.98 Å². The predicted molar refractivity (Wildman–Crippen MR) is 77.2 cm³/mol. The van der Waals surface area contributed by atoms with Crippen LogP contribution in [0.1, 0.15) is 0 Å². The smallest absolute Gasteiger partial charge is 0.0710 e. The minimum absolute atomic E-state index is 0.618. The highest BCUT2D eigenvalue weighted by molar-refractivity contribution is 6.35. The molecule has 0 aliphatic carbocycles. The van der Waals surface area contributed by atoms with Crippen molar-refractivity contribution in [2.24, 2.45) is 0 Å². The Balaban J connectivity index is 2.19. The summed E-state index contributed by atoms with van der Waals surface area (Å²) in [5.74, 6) is 0. The Hall–Kier alpha value is -1.57. The van der Waals surface area contributed by atoms with Gasteiger partial charge in [-0.3, -0.25) is 0 Å². The Kier molecular flexibility index (Phi) is 2.94. The lowest BCUT2D eigenvalue weighted by Crippen LogP contribution is -1.85. The molecule has 88 valence electrons. The highest BCUT2D eigenvalue weighted by atomic mass is 35.5. The number of benzene rings is 2. The van der Waals surface area contributed by atoms with Gasteiger partial charge in [0.2, 0.25) is 0 Å². The van der Waals surface area contributed by atoms with Crippen molar-refractivity contribution in [1.29, 1.82) is 0 Å². The molecule has 1 nitrogen and oxygen atoms in total. The Morgan fingerprint density at radius 1 is 0.778 bits per heavy atom. The van der Waals surface area contributed by atoms with Crippen LogP contribution in [0.3, 0.4) is 0 Å². The molecule has 0 saturated carbocycles. The first-order chi connectivity index (χ1) is 8.72. The van der Waals surface area contributed by atoms with Gasteiger partial charge in [0.15, 0.2) is 0 Å². The number of hydrogen-bond donors (Lipinski definition) is 0. The zero-order valence-electron chi connectivity index (χ0n) is 9.40. The molecule has 18 heavy (non-hydrogen) atoms. The molecular weight excluding hydrogens is 265 g/mol. The lowest BCUT2D eigenvalue weighted by molar-refractivity contribution is 1.40. The number of pyridine rings is 1. The molecule has 0 fully saturated rings. The van der Waals surface area contributed by atoms with Gasteiger partial charge in [0.05, 0.1) is 11.2 Å². The van der Waals surface area contributed by atoms with Crippen molar-refractivity contribution in [3.8, 4) is 11.3 Å². The zero-order valence-corrected chi connectivity index (χ0v) is 10.9. The highest BCUT2D eigenvalue weighted by Crippen LogP contribution is 2.27. The third kappa shape index (κ3) is 2.20. The van der Waals surface area contributed by atoms with Crippen molar-refractivity contribution in [2.45, 2.75) is 0 Å². The van der Waals surface area contributed by atoms with Crippen molar-refractivity contribution in [3.05, 3.63) is 64.6 Å². The van der Waals surface area contributed by atoms with Crippen LogP contribution in [0.2, 0.25) is 10.0 Å². The highest BCUT2D eigenvalue weighted by Gasteiger charge is 2.03. The Bertz CT molecular complexity index is 702. The Morgan fingerprint density at radius 2 is 1.50 bits per heavy atom. The van der Waals surface area contributed by atoms with E-state index in [4.69, 9.17) is 23.2 Å². The monoisotopic (exact) mass is 273 g/mol. The largest absolute Gasteiger partial charge is 0.248 e. The summed E-state index contributed by atoms with van der Waals surface area (Å²) in [6, 6.07) is 17.5. The lowest BCUT2D eigenvalue weighted by atomic mass is 10.1. The molecule has 2 aromatic carbocycles. The van der Waals surface area contributed by atoms with Gasteiger partial charge in [-0.05, 0) is 30.3 Å². The maximum absolute atomic E-state index is 6.01. The summed E-state index contributed by atoms with van der Waals surface area (Å²) in [4.78, 5) is 4.61. The van der Waals surface area contributed by atoms with Crippen LogP contribution in [-0.2, 0) is 0 Å². The van der Waals surface area contributed by atoms with Gasteiger partial charge in [0.1, 0.15) is 0 Å². The molecule has 0 atom stereocenters. The molecule has 0 aliphatic rings. The summed E-state index contributed by atoms with van der Waals surface area (Å²) in [5.41, 5.74) is 2.77. The first-order valence-corrected chi connectivity index (χ1v) is 6.30. The topological polar surface area (TPSA) is 12.9 Å². The number of rotatable bonds is 1. The number of fused-ring (bicyclic) bond motifs is 1. The third-order valence-electron chi connectivity index (χ3n) is 2.76. The van der Waals surface area contributed by atoms with Crippen molar-refractivity contribution in [1.82, 2.24) is 4.98 Å². The standard InChI is InChI=1S/C15H9Cl2N/c16-12-7-11(8-13(17)9-12)15-6-5-10-3-1-2-4-14(10)18-15/h1-9H. The average Bonchev–Trinajstić information content (AvgIpc) is 2.37. The van der Waals surface area contributed by atoms with E-state index < -0.39 is 0 Å². The van der Waals surface area contributed by atoms with Crippen LogP contribution in [-0.4, -0.2) is 4.98 Å². The van der Waals surface area contributed by atoms with Crippen LogP contribution in [0.25, 0.3) is 22.2 Å². The van der Waals surface area contributed by atoms with Crippen LogP contribution in [0.4, 0.5) is 0 Å². The van der Waals surface area contributed by atoms with E-state index in [9.17, 15) is 0 Å². The fourth-order valence-corrected chi connectivity index (χ4v) is 2.45. The average molecular weight is 274 g/mol. The molecule has 0 unspecified atom stereocenters. The Morgan fingerprint density at radius 3 is 2.28 bits per heavy atom. The number of aromatic nitrogens is 1. The Labute approximate surface area is 115 Å². The first kappa shape index (κ1) is 11.5. The van der Waals surface area contributed by atoms with Crippen LogP contribution in [0.5, 0.6) is 0 Å². The first-order valence-electron chi connectivity index (χ1n) is 5.55. The van der Waals surface area contributed by atoms with Crippen molar-refractivity contribution >= 4 is 34.1 Å². The van der Waals surface area contributed by atoms with Gasteiger partial charge in [-0.25, -0.2) is 4.98 Å². The van der Waals surface area contributed by atoms with Crippen LogP contribution >= 0.6 is 23.2 Å². The van der Waals surface area contributed by atoms with E-state index in [0.717, 1.165) is 22.2 Å². The summed E-state index contributed by atoms with van der Waals surface area (Å²) in [5, 5.41) is 2.36. The maximum Gasteiger partial charge on any atom is 0.0710 e. The molecule has 0 bridgehead atoms. The molecule has 3 heteroatoms. The molecule has 1 aromatic heterocycles. The summed E-state index contributed by atoms with van der Waals surface area (Å²) >= 11 is 12.0. The summed E-state index contributed by atoms with van der Waals surface area (Å²) < 4.78 is 0. The summed E-state index contributed by atoms with van der Waals surface area (Å²) in [7, 11) is 0. The van der Waals surface area contributed by atoms with E-state index in [1.54, 1.807) is 6.07 Å². The molecule has 0 aliphatic heterocycles. The lowest BCUT2D eigenvalue weighted by Gasteiger charge is -2.04. The molecule has 0 N–H and O–H groups in total. The molecule has 0 saturated heterocycles. The van der Waals surface area contributed by atoms with Crippen LogP contribution in [0.15, 0.2) is 54.6 Å². The molecule has 3 rings (SSSR count). The fourth-order valence-electron chi connectivity index (χ4n) is 1.93. The van der Waals surface area contributed by atoms with E-state index in [0.29, 0.717) is 10.0 Å². The maximum atomic E-state index is 6.01. The van der Waals surface area contributed by atoms with Gasteiger partial charge in [0, 0.05) is 21.0 Å².